The smallest absolute Gasteiger partial charge is 0.271 e. The molecule has 0 spiro atoms. The number of hydrogen-bond donors (Lipinski definition) is 3. The lowest BCUT2D eigenvalue weighted by Gasteiger charge is -2.19. The van der Waals surface area contributed by atoms with Crippen molar-refractivity contribution in [3.05, 3.63) is 20.4 Å². The Morgan fingerprint density at radius 2 is 1.92 bits per heavy atom. The van der Waals surface area contributed by atoms with E-state index in [9.17, 15) is 9.59 Å². The third-order valence-corrected chi connectivity index (χ3v) is 1.75. The van der Waals surface area contributed by atoms with Crippen LogP contribution in [0.1, 0.15) is 6.42 Å². The molecule has 0 aliphatic carbocycles. The minimum absolute atomic E-state index is 0.113. The Morgan fingerprint density at radius 1 is 1.31 bits per heavy atom. The standard InChI is InChI=1S/C7H11N3O3/c8-2-1-3-10(9)4-5(11)7(13)6(4)12/h11H,1-3,8-9H2. The highest BCUT2D eigenvalue weighted by Crippen LogP contribution is 2.17. The molecule has 0 unspecified atom stereocenters. The maximum atomic E-state index is 10.9. The van der Waals surface area contributed by atoms with E-state index in [2.05, 4.69) is 0 Å². The van der Waals surface area contributed by atoms with Crippen LogP contribution in [0.3, 0.4) is 0 Å². The van der Waals surface area contributed by atoms with Crippen LogP contribution in [0.15, 0.2) is 9.59 Å². The van der Waals surface area contributed by atoms with Gasteiger partial charge in [-0.2, -0.15) is 0 Å². The first-order valence-corrected chi connectivity index (χ1v) is 3.84. The van der Waals surface area contributed by atoms with Crippen LogP contribution in [-0.2, 0) is 0 Å². The van der Waals surface area contributed by atoms with Gasteiger partial charge in [0.05, 0.1) is 0 Å². The highest BCUT2D eigenvalue weighted by molar-refractivity contribution is 5.61. The average Bonchev–Trinajstić information content (AvgIpc) is 2.14. The van der Waals surface area contributed by atoms with Gasteiger partial charge in [-0.3, -0.25) is 9.59 Å². The van der Waals surface area contributed by atoms with E-state index in [1.165, 1.54) is 0 Å². The van der Waals surface area contributed by atoms with E-state index in [-0.39, 0.29) is 5.69 Å². The van der Waals surface area contributed by atoms with Crippen LogP contribution in [0.25, 0.3) is 0 Å². The molecule has 0 bridgehead atoms. The quantitative estimate of drug-likeness (QED) is 0.285. The Labute approximate surface area is 74.0 Å². The highest BCUT2D eigenvalue weighted by atomic mass is 16.3. The zero-order valence-corrected chi connectivity index (χ0v) is 6.99. The van der Waals surface area contributed by atoms with Crippen molar-refractivity contribution in [3.63, 3.8) is 0 Å². The van der Waals surface area contributed by atoms with Crippen molar-refractivity contribution in [1.82, 2.24) is 0 Å². The minimum atomic E-state index is -0.877. The van der Waals surface area contributed by atoms with Gasteiger partial charge in [0, 0.05) is 6.54 Å². The summed E-state index contributed by atoms with van der Waals surface area (Å²) in [6.45, 7) is 0.777. The van der Waals surface area contributed by atoms with Crippen LogP contribution in [-0.4, -0.2) is 18.2 Å². The van der Waals surface area contributed by atoms with E-state index in [1.807, 2.05) is 0 Å². The lowest BCUT2D eigenvalue weighted by atomic mass is 10.2. The highest BCUT2D eigenvalue weighted by Gasteiger charge is 2.23. The SMILES string of the molecule is NCCCN(N)c1c(O)c(=O)c1=O. The molecule has 0 atom stereocenters. The Kier molecular flexibility index (Phi) is 2.64. The van der Waals surface area contributed by atoms with Crippen molar-refractivity contribution in [2.45, 2.75) is 6.42 Å². The number of rotatable bonds is 4. The second-order valence-electron chi connectivity index (χ2n) is 2.69. The minimum Gasteiger partial charge on any atom is -0.502 e. The Hall–Kier alpha value is -1.40. The Balaban J connectivity index is 2.74. The van der Waals surface area contributed by atoms with E-state index in [4.69, 9.17) is 16.7 Å². The van der Waals surface area contributed by atoms with Crippen molar-refractivity contribution in [3.8, 4) is 5.75 Å². The first-order chi connectivity index (χ1) is 6.09. The Bertz CT molecular complexity index is 367. The summed E-state index contributed by atoms with van der Waals surface area (Å²) in [7, 11) is 0. The average molecular weight is 185 g/mol. The topological polar surface area (TPSA) is 110 Å². The number of nitrogens with two attached hydrogens (primary N) is 2. The first kappa shape index (κ1) is 9.69. The van der Waals surface area contributed by atoms with Crippen LogP contribution in [0.2, 0.25) is 0 Å². The zero-order chi connectivity index (χ0) is 10.0. The lowest BCUT2D eigenvalue weighted by molar-refractivity contribution is 0.461. The van der Waals surface area contributed by atoms with Gasteiger partial charge in [-0.15, -0.1) is 0 Å². The summed E-state index contributed by atoms with van der Waals surface area (Å²) in [5.41, 5.74) is 3.49. The van der Waals surface area contributed by atoms with Crippen molar-refractivity contribution in [2.24, 2.45) is 11.6 Å². The predicted octanol–water partition coefficient (Wildman–Crippen LogP) is -1.98. The summed E-state index contributed by atoms with van der Waals surface area (Å²) < 4.78 is 0. The van der Waals surface area contributed by atoms with E-state index in [0.29, 0.717) is 19.5 Å². The molecule has 1 rings (SSSR count). The second-order valence-corrected chi connectivity index (χ2v) is 2.69. The fraction of sp³-hybridized carbons (Fsp3) is 0.429. The summed E-state index contributed by atoms with van der Waals surface area (Å²) >= 11 is 0. The van der Waals surface area contributed by atoms with Crippen molar-refractivity contribution in [2.75, 3.05) is 18.1 Å². The van der Waals surface area contributed by atoms with Crippen molar-refractivity contribution < 1.29 is 5.11 Å². The van der Waals surface area contributed by atoms with Gasteiger partial charge >= 0.3 is 0 Å². The van der Waals surface area contributed by atoms with Crippen molar-refractivity contribution in [1.29, 1.82) is 0 Å². The van der Waals surface area contributed by atoms with Crippen LogP contribution >= 0.6 is 0 Å². The van der Waals surface area contributed by atoms with Crippen LogP contribution in [0.4, 0.5) is 5.69 Å². The van der Waals surface area contributed by atoms with Gasteiger partial charge in [0.1, 0.15) is 0 Å². The van der Waals surface area contributed by atoms with Gasteiger partial charge in [0.25, 0.3) is 10.9 Å². The largest absolute Gasteiger partial charge is 0.502 e. The van der Waals surface area contributed by atoms with E-state index >= 15 is 0 Å². The number of nitrogens with zero attached hydrogens (tertiary/aromatic N) is 1. The molecule has 0 heterocycles. The van der Waals surface area contributed by atoms with Gasteiger partial charge in [-0.25, -0.2) is 5.84 Å². The monoisotopic (exact) mass is 185 g/mol. The molecule has 0 aliphatic rings. The molecule has 1 aromatic rings. The molecule has 5 N–H and O–H groups in total. The zero-order valence-electron chi connectivity index (χ0n) is 6.99. The van der Waals surface area contributed by atoms with Gasteiger partial charge in [-0.05, 0) is 13.0 Å². The first-order valence-electron chi connectivity index (χ1n) is 3.84. The maximum Gasteiger partial charge on any atom is 0.271 e. The summed E-state index contributed by atoms with van der Waals surface area (Å²) in [6.07, 6.45) is 0.592. The number of aromatic hydroxyl groups is 1. The molecule has 0 amide bonds. The van der Waals surface area contributed by atoms with Gasteiger partial charge in [0.15, 0.2) is 11.4 Å². The predicted molar refractivity (Wildman–Crippen MR) is 48.2 cm³/mol. The van der Waals surface area contributed by atoms with E-state index in [0.717, 1.165) is 5.01 Å². The summed E-state index contributed by atoms with van der Waals surface area (Å²) in [5, 5.41) is 10.0. The summed E-state index contributed by atoms with van der Waals surface area (Å²) in [6, 6.07) is 0. The van der Waals surface area contributed by atoms with Crippen LogP contribution in [0, 0.1) is 0 Å². The second kappa shape index (κ2) is 3.55. The van der Waals surface area contributed by atoms with E-state index in [1.54, 1.807) is 0 Å². The molecule has 0 aliphatic heterocycles. The fourth-order valence-electron chi connectivity index (χ4n) is 1.01. The third kappa shape index (κ3) is 1.53. The molecule has 0 saturated heterocycles. The molecule has 13 heavy (non-hydrogen) atoms. The normalized spacial score (nSPS) is 10.6. The van der Waals surface area contributed by atoms with E-state index < -0.39 is 16.6 Å². The molecule has 6 heteroatoms. The third-order valence-electron chi connectivity index (χ3n) is 1.75. The molecule has 72 valence electrons. The lowest BCUT2D eigenvalue weighted by Crippen LogP contribution is -2.44. The summed E-state index contributed by atoms with van der Waals surface area (Å²) in [5.74, 6) is 4.84. The molecule has 0 saturated carbocycles. The molecular formula is C7H11N3O3. The van der Waals surface area contributed by atoms with Gasteiger partial charge in [-0.1, -0.05) is 0 Å². The molecule has 0 radical (unpaired) electrons. The number of hydrogen-bond acceptors (Lipinski definition) is 6. The molecule has 1 aromatic carbocycles. The summed E-state index contributed by atoms with van der Waals surface area (Å²) in [4.78, 5) is 21.4. The maximum absolute atomic E-state index is 10.9. The molecule has 6 nitrogen and oxygen atoms in total. The molecule has 0 aromatic heterocycles. The number of anilines is 1. The van der Waals surface area contributed by atoms with Crippen LogP contribution in [0.5, 0.6) is 5.75 Å². The van der Waals surface area contributed by atoms with Gasteiger partial charge in [0.2, 0.25) is 0 Å². The number of hydrazine groups is 1. The Morgan fingerprint density at radius 3 is 2.38 bits per heavy atom. The fourth-order valence-corrected chi connectivity index (χ4v) is 1.01. The van der Waals surface area contributed by atoms with Crippen molar-refractivity contribution >= 4 is 5.69 Å². The van der Waals surface area contributed by atoms with Gasteiger partial charge < -0.3 is 15.8 Å². The van der Waals surface area contributed by atoms with Crippen LogP contribution < -0.4 is 27.4 Å². The molecular weight excluding hydrogens is 174 g/mol. The molecule has 0 fully saturated rings.